The van der Waals surface area contributed by atoms with Crippen molar-refractivity contribution in [1.82, 2.24) is 0 Å². The zero-order chi connectivity index (χ0) is 22.8. The fraction of sp³-hybridized carbons (Fsp3) is 0.0435. The third-order valence-corrected chi connectivity index (χ3v) is 7.12. The second-order valence-electron chi connectivity index (χ2n) is 6.70. The smallest absolute Gasteiger partial charge is 0.298 e. The number of benzene rings is 3. The van der Waals surface area contributed by atoms with E-state index < -0.39 is 11.1 Å². The second kappa shape index (κ2) is 10.0. The Morgan fingerprint density at radius 3 is 2.28 bits per heavy atom. The molecule has 0 aromatic heterocycles. The van der Waals surface area contributed by atoms with Crippen LogP contribution in [0.4, 0.5) is 10.5 Å². The summed E-state index contributed by atoms with van der Waals surface area (Å²) in [5.74, 6) is 0.213. The van der Waals surface area contributed by atoms with E-state index >= 15 is 0 Å². The SMILES string of the molecule is O=C1S/C(=C\c2cc(Br)c(OCc3ccc(Cl)cc3)c(Br)c2)C(=O)N1c1ccccc1Cl. The molecular formula is C23H13Br2Cl2NO3S. The summed E-state index contributed by atoms with van der Waals surface area (Å²) in [6, 6.07) is 17.8. The van der Waals surface area contributed by atoms with Gasteiger partial charge in [-0.15, -0.1) is 0 Å². The van der Waals surface area contributed by atoms with Gasteiger partial charge in [-0.25, -0.2) is 4.90 Å². The molecule has 2 amide bonds. The van der Waals surface area contributed by atoms with Gasteiger partial charge in [0.15, 0.2) is 0 Å². The maximum Gasteiger partial charge on any atom is 0.298 e. The maximum absolute atomic E-state index is 12.9. The summed E-state index contributed by atoms with van der Waals surface area (Å²) in [5, 5.41) is 0.610. The molecule has 32 heavy (non-hydrogen) atoms. The van der Waals surface area contributed by atoms with Crippen LogP contribution in [0, 0.1) is 0 Å². The molecule has 1 aliphatic rings. The summed E-state index contributed by atoms with van der Waals surface area (Å²) in [6.45, 7) is 0.366. The van der Waals surface area contributed by atoms with Gasteiger partial charge in [0.1, 0.15) is 12.4 Å². The minimum absolute atomic E-state index is 0.309. The molecule has 3 aromatic carbocycles. The van der Waals surface area contributed by atoms with Crippen LogP contribution in [-0.2, 0) is 11.4 Å². The van der Waals surface area contributed by atoms with Crippen molar-refractivity contribution in [2.24, 2.45) is 0 Å². The molecule has 0 spiro atoms. The molecule has 0 bridgehead atoms. The molecule has 3 aromatic rings. The fourth-order valence-electron chi connectivity index (χ4n) is 3.00. The number of imide groups is 1. The first-order chi connectivity index (χ1) is 15.3. The number of amides is 2. The average Bonchev–Trinajstić information content (AvgIpc) is 3.02. The number of thioether (sulfide) groups is 1. The molecule has 4 rings (SSSR count). The van der Waals surface area contributed by atoms with E-state index in [4.69, 9.17) is 27.9 Å². The van der Waals surface area contributed by atoms with E-state index in [0.29, 0.717) is 41.9 Å². The first kappa shape index (κ1) is 23.4. The lowest BCUT2D eigenvalue weighted by Gasteiger charge is -2.13. The Hall–Kier alpha value is -1.77. The van der Waals surface area contributed by atoms with Crippen molar-refractivity contribution in [2.45, 2.75) is 6.61 Å². The molecule has 9 heteroatoms. The Labute approximate surface area is 215 Å². The van der Waals surface area contributed by atoms with Crippen LogP contribution in [0.3, 0.4) is 0 Å². The summed E-state index contributed by atoms with van der Waals surface area (Å²) in [7, 11) is 0. The summed E-state index contributed by atoms with van der Waals surface area (Å²) in [4.78, 5) is 26.8. The van der Waals surface area contributed by atoms with Crippen LogP contribution in [0.5, 0.6) is 5.75 Å². The third kappa shape index (κ3) is 5.07. The Kier molecular flexibility index (Phi) is 7.32. The maximum atomic E-state index is 12.9. The molecule has 0 radical (unpaired) electrons. The number of hydrogen-bond acceptors (Lipinski definition) is 4. The van der Waals surface area contributed by atoms with Crippen LogP contribution in [0.25, 0.3) is 6.08 Å². The van der Waals surface area contributed by atoms with Gasteiger partial charge in [-0.3, -0.25) is 9.59 Å². The lowest BCUT2D eigenvalue weighted by molar-refractivity contribution is -0.113. The van der Waals surface area contributed by atoms with Gasteiger partial charge in [0.2, 0.25) is 0 Å². The van der Waals surface area contributed by atoms with Gasteiger partial charge >= 0.3 is 0 Å². The first-order valence-electron chi connectivity index (χ1n) is 9.22. The number of hydrogen-bond donors (Lipinski definition) is 0. The zero-order valence-corrected chi connectivity index (χ0v) is 21.7. The summed E-state index contributed by atoms with van der Waals surface area (Å²) in [5.41, 5.74) is 2.08. The number of carbonyl (C=O) groups is 2. The molecule has 4 nitrogen and oxygen atoms in total. The Balaban J connectivity index is 1.55. The van der Waals surface area contributed by atoms with Crippen LogP contribution in [0.2, 0.25) is 10.0 Å². The molecule has 162 valence electrons. The first-order valence-corrected chi connectivity index (χ1v) is 12.4. The number of halogens is 4. The van der Waals surface area contributed by atoms with Crippen LogP contribution in [0.1, 0.15) is 11.1 Å². The molecule has 0 saturated carbocycles. The van der Waals surface area contributed by atoms with Gasteiger partial charge in [-0.05, 0) is 97.2 Å². The van der Waals surface area contributed by atoms with Crippen molar-refractivity contribution in [3.05, 3.63) is 95.7 Å². The van der Waals surface area contributed by atoms with E-state index in [2.05, 4.69) is 31.9 Å². The van der Waals surface area contributed by atoms with Crippen molar-refractivity contribution in [2.75, 3.05) is 4.90 Å². The molecule has 0 atom stereocenters. The van der Waals surface area contributed by atoms with Crippen LogP contribution in [-0.4, -0.2) is 11.1 Å². The minimum atomic E-state index is -0.414. The van der Waals surface area contributed by atoms with E-state index in [9.17, 15) is 9.59 Å². The van der Waals surface area contributed by atoms with Crippen molar-refractivity contribution in [3.63, 3.8) is 0 Å². The lowest BCUT2D eigenvalue weighted by atomic mass is 10.2. The van der Waals surface area contributed by atoms with E-state index in [0.717, 1.165) is 27.8 Å². The average molecular weight is 614 g/mol. The van der Waals surface area contributed by atoms with Crippen LogP contribution < -0.4 is 9.64 Å². The third-order valence-electron chi connectivity index (χ3n) is 4.50. The normalized spacial score (nSPS) is 15.0. The fourth-order valence-corrected chi connectivity index (χ4v) is 5.63. The number of rotatable bonds is 5. The van der Waals surface area contributed by atoms with Crippen LogP contribution >= 0.6 is 66.8 Å². The molecular weight excluding hydrogens is 601 g/mol. The molecule has 0 N–H and O–H groups in total. The molecule has 1 heterocycles. The largest absolute Gasteiger partial charge is 0.487 e. The molecule has 1 saturated heterocycles. The molecule has 0 unspecified atom stereocenters. The molecule has 0 aliphatic carbocycles. The molecule has 1 aliphatic heterocycles. The van der Waals surface area contributed by atoms with Crippen molar-refractivity contribution < 1.29 is 14.3 Å². The highest BCUT2D eigenvalue weighted by Crippen LogP contribution is 2.40. The second-order valence-corrected chi connectivity index (χ2v) is 10.2. The highest BCUT2D eigenvalue weighted by molar-refractivity contribution is 9.11. The van der Waals surface area contributed by atoms with Gasteiger partial charge in [-0.2, -0.15) is 0 Å². The predicted molar refractivity (Wildman–Crippen MR) is 138 cm³/mol. The monoisotopic (exact) mass is 611 g/mol. The molecule has 1 fully saturated rings. The van der Waals surface area contributed by atoms with Gasteiger partial charge in [-0.1, -0.05) is 47.5 Å². The van der Waals surface area contributed by atoms with Crippen molar-refractivity contribution >= 4 is 89.7 Å². The summed E-state index contributed by atoms with van der Waals surface area (Å²) in [6.07, 6.45) is 1.67. The van der Waals surface area contributed by atoms with Gasteiger partial charge < -0.3 is 4.74 Å². The van der Waals surface area contributed by atoms with E-state index in [1.807, 2.05) is 36.4 Å². The Morgan fingerprint density at radius 1 is 0.969 bits per heavy atom. The Bertz CT molecular complexity index is 1230. The van der Waals surface area contributed by atoms with Gasteiger partial charge in [0, 0.05) is 5.02 Å². The highest BCUT2D eigenvalue weighted by atomic mass is 79.9. The van der Waals surface area contributed by atoms with E-state index in [1.54, 1.807) is 30.3 Å². The van der Waals surface area contributed by atoms with Crippen molar-refractivity contribution in [1.29, 1.82) is 0 Å². The lowest BCUT2D eigenvalue weighted by Crippen LogP contribution is -2.27. The zero-order valence-electron chi connectivity index (χ0n) is 16.2. The van der Waals surface area contributed by atoms with Gasteiger partial charge in [0.05, 0.1) is 24.6 Å². The van der Waals surface area contributed by atoms with Crippen molar-refractivity contribution in [3.8, 4) is 5.75 Å². The quantitative estimate of drug-likeness (QED) is 0.271. The highest BCUT2D eigenvalue weighted by Gasteiger charge is 2.37. The number of carbonyl (C=O) groups excluding carboxylic acids is 2. The topological polar surface area (TPSA) is 46.6 Å². The van der Waals surface area contributed by atoms with Crippen LogP contribution in [0.15, 0.2) is 74.5 Å². The van der Waals surface area contributed by atoms with E-state index in [1.165, 1.54) is 0 Å². The number of ether oxygens (including phenoxy) is 1. The van der Waals surface area contributed by atoms with E-state index in [-0.39, 0.29) is 0 Å². The number of para-hydroxylation sites is 1. The summed E-state index contributed by atoms with van der Waals surface area (Å²) >= 11 is 20.0. The summed E-state index contributed by atoms with van der Waals surface area (Å²) < 4.78 is 7.35. The number of nitrogens with zero attached hydrogens (tertiary/aromatic N) is 1. The predicted octanol–water partition coefficient (Wildman–Crippen LogP) is 8.34. The minimum Gasteiger partial charge on any atom is -0.487 e. The number of anilines is 1. The standard InChI is InChI=1S/C23H13Br2Cl2NO3S/c24-16-9-14(10-17(25)21(16)31-12-13-5-7-15(26)8-6-13)11-20-22(29)28(23(30)32-20)19-4-2-1-3-18(19)27/h1-11H,12H2/b20-11-. The van der Waals surface area contributed by atoms with Gasteiger partial charge in [0.25, 0.3) is 11.1 Å². The Morgan fingerprint density at radius 2 is 1.62 bits per heavy atom.